The first-order valence-corrected chi connectivity index (χ1v) is 13.5. The highest BCUT2D eigenvalue weighted by Gasteiger charge is 2.85. The summed E-state index contributed by atoms with van der Waals surface area (Å²) < 4.78 is 7.36. The second-order valence-corrected chi connectivity index (χ2v) is 13.4. The van der Waals surface area contributed by atoms with Gasteiger partial charge in [0.15, 0.2) is 0 Å². The number of rotatable bonds is 5. The molecule has 32 heavy (non-hydrogen) atoms. The van der Waals surface area contributed by atoms with Gasteiger partial charge in [0.2, 0.25) is 0 Å². The van der Waals surface area contributed by atoms with Crippen molar-refractivity contribution in [3.8, 4) is 0 Å². The summed E-state index contributed by atoms with van der Waals surface area (Å²) in [5.74, 6) is 2.99. The fraction of sp³-hybridized carbons (Fsp3) is 0.897. The minimum Gasteiger partial charge on any atom is -0.389 e. The van der Waals surface area contributed by atoms with Gasteiger partial charge in [-0.25, -0.2) is 0 Å². The maximum Gasteiger partial charge on any atom is 0.139 e. The normalized spacial score (nSPS) is 51.5. The fourth-order valence-electron chi connectivity index (χ4n) is 9.70. The van der Waals surface area contributed by atoms with Crippen molar-refractivity contribution in [1.82, 2.24) is 0 Å². The second-order valence-electron chi connectivity index (χ2n) is 13.4. The highest BCUT2D eigenvalue weighted by molar-refractivity contribution is 5.84. The molecule has 2 heterocycles. The fourth-order valence-corrected chi connectivity index (χ4v) is 9.70. The predicted octanol–water partition coefficient (Wildman–Crippen LogP) is 6.34. The average molecular weight is 443 g/mol. The van der Waals surface area contributed by atoms with Crippen LogP contribution < -0.4 is 0 Å². The molecule has 1 spiro atoms. The largest absolute Gasteiger partial charge is 0.389 e. The van der Waals surface area contributed by atoms with Gasteiger partial charge in [-0.1, -0.05) is 54.5 Å². The maximum atomic E-state index is 13.7. The number of hydrogen-bond donors (Lipinski definition) is 1. The van der Waals surface area contributed by atoms with Crippen LogP contribution in [0.3, 0.4) is 0 Å². The Labute approximate surface area is 195 Å². The van der Waals surface area contributed by atoms with E-state index in [9.17, 15) is 9.90 Å². The number of ketones is 1. The smallest absolute Gasteiger partial charge is 0.139 e. The molecule has 2 saturated heterocycles. The molecule has 5 fully saturated rings. The van der Waals surface area contributed by atoms with Crippen LogP contribution >= 0.6 is 0 Å². The number of carbonyl (C=O) groups excluding carboxylic acids is 1. The van der Waals surface area contributed by atoms with Gasteiger partial charge < -0.3 is 9.84 Å². The lowest BCUT2D eigenvalue weighted by Gasteiger charge is -2.75. The first-order valence-electron chi connectivity index (χ1n) is 13.5. The van der Waals surface area contributed by atoms with E-state index in [1.54, 1.807) is 0 Å². The van der Waals surface area contributed by atoms with Crippen LogP contribution in [0.15, 0.2) is 12.2 Å². The van der Waals surface area contributed by atoms with Crippen molar-refractivity contribution >= 4 is 5.78 Å². The highest BCUT2D eigenvalue weighted by atomic mass is 16.6. The van der Waals surface area contributed by atoms with Crippen LogP contribution in [-0.2, 0) is 9.53 Å². The first kappa shape index (κ1) is 23.1. The summed E-state index contributed by atoms with van der Waals surface area (Å²) in [6.45, 7) is 18.7. The molecular weight excluding hydrogens is 396 g/mol. The molecule has 0 unspecified atom stereocenters. The summed E-state index contributed by atoms with van der Waals surface area (Å²) in [5.41, 5.74) is 0.745. The highest BCUT2D eigenvalue weighted by Crippen LogP contribution is 2.81. The van der Waals surface area contributed by atoms with Crippen molar-refractivity contribution < 1.29 is 14.6 Å². The van der Waals surface area contributed by atoms with E-state index in [1.807, 2.05) is 0 Å². The van der Waals surface area contributed by atoms with Gasteiger partial charge in [-0.2, -0.15) is 0 Å². The Hall–Kier alpha value is -0.670. The van der Waals surface area contributed by atoms with Crippen LogP contribution in [0.1, 0.15) is 99.3 Å². The number of aliphatic hydroxyl groups excluding tert-OH is 1. The topological polar surface area (TPSA) is 46.5 Å². The van der Waals surface area contributed by atoms with E-state index < -0.39 is 6.10 Å². The zero-order valence-electron chi connectivity index (χ0n) is 21.4. The van der Waals surface area contributed by atoms with E-state index in [0.29, 0.717) is 30.0 Å². The lowest BCUT2D eigenvalue weighted by Crippen LogP contribution is -2.81. The monoisotopic (exact) mass is 442 g/mol. The molecule has 3 saturated carbocycles. The molecule has 3 nitrogen and oxygen atoms in total. The number of aliphatic hydroxyl groups is 1. The SMILES string of the molecule is C=C1[C@@H](O)CC[C@]2(C)[C@H]3CC[C@@]4(C)[C@]35O[C@]4([C@H](C)CC[C@@H](C)C(C)C)CCC(=O)[C@@H]5C[C@@H]12. The van der Waals surface area contributed by atoms with Gasteiger partial charge in [0.1, 0.15) is 5.78 Å². The maximum absolute atomic E-state index is 13.7. The van der Waals surface area contributed by atoms with Crippen molar-refractivity contribution in [2.45, 2.75) is 117 Å². The van der Waals surface area contributed by atoms with E-state index in [0.717, 1.165) is 43.6 Å². The molecule has 0 amide bonds. The van der Waals surface area contributed by atoms with Crippen LogP contribution in [0.2, 0.25) is 0 Å². The van der Waals surface area contributed by atoms with Crippen LogP contribution in [-0.4, -0.2) is 28.2 Å². The molecule has 0 aromatic carbocycles. The molecule has 0 aromatic heterocycles. The Morgan fingerprint density at radius 1 is 1.06 bits per heavy atom. The summed E-state index contributed by atoms with van der Waals surface area (Å²) >= 11 is 0. The lowest BCUT2D eigenvalue weighted by atomic mass is 9.41. The summed E-state index contributed by atoms with van der Waals surface area (Å²) in [7, 11) is 0. The van der Waals surface area contributed by atoms with Gasteiger partial charge >= 0.3 is 0 Å². The second kappa shape index (κ2) is 7.17. The van der Waals surface area contributed by atoms with Gasteiger partial charge in [-0.05, 0) is 85.5 Å². The Kier molecular flexibility index (Phi) is 5.17. The number of ether oxygens (including phenoxy) is 1. The van der Waals surface area contributed by atoms with Crippen molar-refractivity contribution in [2.75, 3.05) is 0 Å². The van der Waals surface area contributed by atoms with E-state index in [4.69, 9.17) is 4.74 Å². The number of hydrogen-bond acceptors (Lipinski definition) is 3. The summed E-state index contributed by atoms with van der Waals surface area (Å²) in [4.78, 5) is 13.7. The Bertz CT molecular complexity index is 817. The first-order chi connectivity index (χ1) is 14.9. The third kappa shape index (κ3) is 2.54. The standard InChI is InChI=1S/C29H46O3/c1-17(2)18(3)8-9-19(4)28-15-11-24(31)22-16-21-20(5)23(30)10-13-26(21,6)25-12-14-27(28,7)29(22,25)32-28/h17-19,21-23,25,30H,5,8-16H2,1-4,6-7H3/t18-,19-,21+,22+,23+,25-,26+,27-,28+,29-/m1/s1. The Balaban J connectivity index is 1.51. The lowest BCUT2D eigenvalue weighted by molar-refractivity contribution is -0.417. The van der Waals surface area contributed by atoms with E-state index in [-0.39, 0.29) is 33.9 Å². The van der Waals surface area contributed by atoms with Crippen LogP contribution in [0, 0.1) is 46.3 Å². The third-order valence-corrected chi connectivity index (χ3v) is 12.1. The molecule has 5 rings (SSSR count). The molecule has 2 bridgehead atoms. The van der Waals surface area contributed by atoms with E-state index >= 15 is 0 Å². The number of Topliss-reactive ketones (excluding diaryl/α,β-unsaturated/α-hetero) is 1. The van der Waals surface area contributed by atoms with Gasteiger partial charge in [-0.3, -0.25) is 4.79 Å². The molecule has 1 N–H and O–H groups in total. The molecule has 3 aliphatic carbocycles. The summed E-state index contributed by atoms with van der Waals surface area (Å²) in [6.07, 6.45) is 8.61. The van der Waals surface area contributed by atoms with Gasteiger partial charge in [-0.15, -0.1) is 0 Å². The van der Waals surface area contributed by atoms with E-state index in [1.165, 1.54) is 19.3 Å². The van der Waals surface area contributed by atoms with Crippen LogP contribution in [0.25, 0.3) is 0 Å². The molecule has 3 heteroatoms. The number of fused-ring (bicyclic) bond motifs is 4. The minimum atomic E-state index is -0.403. The summed E-state index contributed by atoms with van der Waals surface area (Å²) in [5, 5.41) is 10.6. The van der Waals surface area contributed by atoms with Crippen molar-refractivity contribution in [2.24, 2.45) is 46.3 Å². The van der Waals surface area contributed by atoms with Crippen LogP contribution in [0.4, 0.5) is 0 Å². The van der Waals surface area contributed by atoms with E-state index in [2.05, 4.69) is 48.1 Å². The Morgan fingerprint density at radius 3 is 2.47 bits per heavy atom. The third-order valence-electron chi connectivity index (χ3n) is 12.1. The average Bonchev–Trinajstić information content (AvgIpc) is 2.86. The summed E-state index contributed by atoms with van der Waals surface area (Å²) in [6, 6.07) is 0. The zero-order valence-corrected chi connectivity index (χ0v) is 21.4. The van der Waals surface area contributed by atoms with Crippen molar-refractivity contribution in [3.05, 3.63) is 12.2 Å². The molecule has 5 aliphatic rings. The van der Waals surface area contributed by atoms with Gasteiger partial charge in [0, 0.05) is 17.8 Å². The molecule has 10 atom stereocenters. The molecule has 0 aromatic rings. The molecule has 180 valence electrons. The Morgan fingerprint density at radius 2 is 1.78 bits per heavy atom. The van der Waals surface area contributed by atoms with Crippen molar-refractivity contribution in [3.63, 3.8) is 0 Å². The van der Waals surface area contributed by atoms with Crippen molar-refractivity contribution in [1.29, 1.82) is 0 Å². The molecule has 2 aliphatic heterocycles. The van der Waals surface area contributed by atoms with Crippen LogP contribution in [0.5, 0.6) is 0 Å². The zero-order chi connectivity index (χ0) is 23.3. The quantitative estimate of drug-likeness (QED) is 0.506. The predicted molar refractivity (Wildman–Crippen MR) is 128 cm³/mol. The van der Waals surface area contributed by atoms with Gasteiger partial charge in [0.25, 0.3) is 0 Å². The van der Waals surface area contributed by atoms with Gasteiger partial charge in [0.05, 0.1) is 17.3 Å². The molecule has 0 radical (unpaired) electrons. The molecular formula is C29H46O3. The minimum absolute atomic E-state index is 0.0162. The number of carbonyl (C=O) groups is 1.